The van der Waals surface area contributed by atoms with Gasteiger partial charge in [0.25, 0.3) is 0 Å². The van der Waals surface area contributed by atoms with Crippen LogP contribution in [0.25, 0.3) is 0 Å². The molecule has 0 aromatic carbocycles. The molecule has 1 unspecified atom stereocenters. The first-order valence-electron chi connectivity index (χ1n) is 7.18. The monoisotopic (exact) mass is 276 g/mol. The molecule has 3 atom stereocenters. The van der Waals surface area contributed by atoms with Gasteiger partial charge in [0.05, 0.1) is 11.5 Å². The summed E-state index contributed by atoms with van der Waals surface area (Å²) < 4.78 is 5.42. The van der Waals surface area contributed by atoms with Crippen LogP contribution in [0.2, 0.25) is 0 Å². The molecule has 2 aliphatic heterocycles. The normalized spacial score (nSPS) is 34.0. The fourth-order valence-electron chi connectivity index (χ4n) is 4.01. The molecule has 2 bridgehead atoms. The zero-order valence-corrected chi connectivity index (χ0v) is 12.2. The van der Waals surface area contributed by atoms with Gasteiger partial charge >= 0.3 is 6.09 Å². The fourth-order valence-corrected chi connectivity index (χ4v) is 4.01. The molecule has 0 N–H and O–H groups in total. The molecule has 0 spiro atoms. The molecule has 0 aromatic heterocycles. The number of carbonyl (C=O) groups excluding carboxylic acids is 2. The average molecular weight is 276 g/mol. The summed E-state index contributed by atoms with van der Waals surface area (Å²) in [5.41, 5.74) is -1.01. The Morgan fingerprint density at radius 2 is 2.10 bits per heavy atom. The number of amides is 1. The van der Waals surface area contributed by atoms with Crippen molar-refractivity contribution in [3.63, 3.8) is 0 Å². The Hall–Kier alpha value is -1.57. The Morgan fingerprint density at radius 3 is 2.60 bits per heavy atom. The summed E-state index contributed by atoms with van der Waals surface area (Å²) in [6.07, 6.45) is 1.39. The highest BCUT2D eigenvalue weighted by molar-refractivity contribution is 5.87. The molecule has 108 valence electrons. The molecule has 2 aliphatic carbocycles. The quantitative estimate of drug-likeness (QED) is 0.735. The zero-order valence-electron chi connectivity index (χ0n) is 12.2. The molecule has 0 radical (unpaired) electrons. The van der Waals surface area contributed by atoms with Gasteiger partial charge in [-0.25, -0.2) is 4.79 Å². The molecule has 2 saturated carbocycles. The number of ketones is 1. The Kier molecular flexibility index (Phi) is 2.66. The molecule has 5 heteroatoms. The smallest absolute Gasteiger partial charge is 0.410 e. The maximum Gasteiger partial charge on any atom is 0.410 e. The molecule has 1 amide bonds. The van der Waals surface area contributed by atoms with Gasteiger partial charge in [-0.2, -0.15) is 5.26 Å². The van der Waals surface area contributed by atoms with E-state index >= 15 is 0 Å². The van der Waals surface area contributed by atoms with Crippen molar-refractivity contribution in [2.45, 2.75) is 51.7 Å². The van der Waals surface area contributed by atoms with Crippen molar-refractivity contribution in [3.05, 3.63) is 0 Å². The summed E-state index contributed by atoms with van der Waals surface area (Å²) in [5.74, 6) is 0.694. The molecule has 4 fully saturated rings. The van der Waals surface area contributed by atoms with E-state index in [1.165, 1.54) is 0 Å². The van der Waals surface area contributed by atoms with E-state index in [4.69, 9.17) is 4.74 Å². The van der Waals surface area contributed by atoms with Crippen LogP contribution in [0.4, 0.5) is 4.79 Å². The lowest BCUT2D eigenvalue weighted by atomic mass is 9.51. The summed E-state index contributed by atoms with van der Waals surface area (Å²) in [4.78, 5) is 25.2. The maximum atomic E-state index is 12.2. The van der Waals surface area contributed by atoms with E-state index in [1.807, 2.05) is 20.8 Å². The highest BCUT2D eigenvalue weighted by Gasteiger charge is 2.65. The van der Waals surface area contributed by atoms with Crippen LogP contribution in [0.5, 0.6) is 0 Å². The van der Waals surface area contributed by atoms with Crippen LogP contribution < -0.4 is 0 Å². The van der Waals surface area contributed by atoms with Crippen LogP contribution >= 0.6 is 0 Å². The number of hydrogen-bond donors (Lipinski definition) is 0. The summed E-state index contributed by atoms with van der Waals surface area (Å²) in [5, 5.41) is 9.43. The minimum atomic E-state index is -0.512. The zero-order chi connectivity index (χ0) is 14.7. The van der Waals surface area contributed by atoms with E-state index in [0.717, 1.165) is 6.42 Å². The number of rotatable bonds is 1. The largest absolute Gasteiger partial charge is 0.444 e. The Balaban J connectivity index is 1.71. The van der Waals surface area contributed by atoms with E-state index in [-0.39, 0.29) is 23.8 Å². The minimum Gasteiger partial charge on any atom is -0.444 e. The topological polar surface area (TPSA) is 70.4 Å². The summed E-state index contributed by atoms with van der Waals surface area (Å²) >= 11 is 0. The molecule has 0 aromatic rings. The van der Waals surface area contributed by atoms with Crippen molar-refractivity contribution in [3.8, 4) is 6.07 Å². The van der Waals surface area contributed by atoms with E-state index in [0.29, 0.717) is 25.3 Å². The Labute approximate surface area is 118 Å². The minimum absolute atomic E-state index is 0.0857. The van der Waals surface area contributed by atoms with E-state index < -0.39 is 11.0 Å². The second-order valence-electron chi connectivity index (χ2n) is 7.38. The molecule has 2 saturated heterocycles. The van der Waals surface area contributed by atoms with Crippen molar-refractivity contribution >= 4 is 11.9 Å². The second kappa shape index (κ2) is 3.97. The van der Waals surface area contributed by atoms with Gasteiger partial charge in [-0.3, -0.25) is 4.79 Å². The third-order valence-electron chi connectivity index (χ3n) is 4.81. The Morgan fingerprint density at radius 1 is 1.45 bits per heavy atom. The summed E-state index contributed by atoms with van der Waals surface area (Å²) in [6.45, 7) is 6.22. The SMILES string of the molecule is CC(C)(C)OC(=O)N1C[C@@H]2C[C@H]1C2C1(C#N)CC(=O)C1. The number of nitrogens with zero attached hydrogens (tertiary/aromatic N) is 2. The first-order chi connectivity index (χ1) is 9.26. The van der Waals surface area contributed by atoms with E-state index in [1.54, 1.807) is 4.90 Å². The van der Waals surface area contributed by atoms with Crippen LogP contribution in [-0.4, -0.2) is 35.0 Å². The summed E-state index contributed by atoms with van der Waals surface area (Å²) in [7, 11) is 0. The number of Topliss-reactive ketones (excluding diaryl/α,β-unsaturated/α-hetero) is 1. The first-order valence-corrected chi connectivity index (χ1v) is 7.18. The highest BCUT2D eigenvalue weighted by atomic mass is 16.6. The molecule has 4 rings (SSSR count). The predicted octanol–water partition coefficient (Wildman–Crippen LogP) is 2.11. The number of nitriles is 1. The lowest BCUT2D eigenvalue weighted by molar-refractivity contribution is -0.136. The molecule has 2 heterocycles. The molecular weight excluding hydrogens is 256 g/mol. The van der Waals surface area contributed by atoms with Crippen molar-refractivity contribution in [1.29, 1.82) is 5.26 Å². The maximum absolute atomic E-state index is 12.2. The Bertz CT molecular complexity index is 506. The number of carbonyl (C=O) groups is 2. The fraction of sp³-hybridized carbons (Fsp3) is 0.800. The average Bonchev–Trinajstić information content (AvgIpc) is 2.82. The third kappa shape index (κ3) is 1.81. The van der Waals surface area contributed by atoms with Gasteiger partial charge in [0, 0.05) is 31.3 Å². The van der Waals surface area contributed by atoms with Crippen molar-refractivity contribution in [2.75, 3.05) is 6.54 Å². The van der Waals surface area contributed by atoms with E-state index in [2.05, 4.69) is 6.07 Å². The third-order valence-corrected chi connectivity index (χ3v) is 4.81. The molecular formula is C15H20N2O3. The lowest BCUT2D eigenvalue weighted by Crippen LogP contribution is -2.55. The predicted molar refractivity (Wildman–Crippen MR) is 70.6 cm³/mol. The highest BCUT2D eigenvalue weighted by Crippen LogP contribution is 2.60. The standard InChI is InChI=1S/C15H20N2O3/c1-14(2,3)20-13(19)17-7-9-4-11(17)12(9)15(8-16)5-10(18)6-15/h9,11-12H,4-7H2,1-3H3/t9-,11-,12?/m0/s1. The number of ether oxygens (including phenoxy) is 1. The van der Waals surface area contributed by atoms with Crippen LogP contribution in [0, 0.1) is 28.6 Å². The molecule has 4 aliphatic rings. The van der Waals surface area contributed by atoms with Gasteiger partial charge in [0.2, 0.25) is 0 Å². The van der Waals surface area contributed by atoms with Crippen LogP contribution in [0.15, 0.2) is 0 Å². The molecule has 5 nitrogen and oxygen atoms in total. The van der Waals surface area contributed by atoms with E-state index in [9.17, 15) is 14.9 Å². The summed E-state index contributed by atoms with van der Waals surface area (Å²) in [6, 6.07) is 2.44. The van der Waals surface area contributed by atoms with Gasteiger partial charge < -0.3 is 9.64 Å². The second-order valence-corrected chi connectivity index (χ2v) is 7.38. The lowest BCUT2D eigenvalue weighted by Gasteiger charge is -2.50. The van der Waals surface area contributed by atoms with Gasteiger partial charge in [0.15, 0.2) is 0 Å². The van der Waals surface area contributed by atoms with Gasteiger partial charge in [-0.1, -0.05) is 0 Å². The van der Waals surface area contributed by atoms with Crippen molar-refractivity contribution in [1.82, 2.24) is 4.90 Å². The van der Waals surface area contributed by atoms with Gasteiger partial charge in [-0.05, 0) is 33.1 Å². The number of hydrogen-bond acceptors (Lipinski definition) is 4. The van der Waals surface area contributed by atoms with Gasteiger partial charge in [0.1, 0.15) is 11.4 Å². The number of fused-ring (bicyclic) bond motifs is 1. The van der Waals surface area contributed by atoms with Gasteiger partial charge in [-0.15, -0.1) is 0 Å². The van der Waals surface area contributed by atoms with Crippen molar-refractivity contribution < 1.29 is 14.3 Å². The van der Waals surface area contributed by atoms with Crippen LogP contribution in [0.3, 0.4) is 0 Å². The first kappa shape index (κ1) is 13.4. The van der Waals surface area contributed by atoms with Crippen LogP contribution in [-0.2, 0) is 9.53 Å². The van der Waals surface area contributed by atoms with Crippen LogP contribution in [0.1, 0.15) is 40.0 Å². The molecule has 20 heavy (non-hydrogen) atoms. The van der Waals surface area contributed by atoms with Crippen molar-refractivity contribution in [2.24, 2.45) is 17.3 Å².